The number of hydrogen-bond acceptors (Lipinski definition) is 5. The molecule has 162 valence electrons. The van der Waals surface area contributed by atoms with Gasteiger partial charge in [0.2, 0.25) is 0 Å². The van der Waals surface area contributed by atoms with Gasteiger partial charge in [0.1, 0.15) is 5.00 Å². The second kappa shape index (κ2) is 8.19. The SMILES string of the molecule is CN1CCN(C(=O)c2c(NC(=O)c3ccco3)sc3c2CC[C@H](C(C)(C)C)C3)CC1. The quantitative estimate of drug-likeness (QED) is 0.797. The number of nitrogens with zero attached hydrogens (tertiary/aromatic N) is 2. The van der Waals surface area contributed by atoms with Gasteiger partial charge in [0.25, 0.3) is 11.8 Å². The fraction of sp³-hybridized carbons (Fsp3) is 0.565. The number of nitrogens with one attached hydrogen (secondary N) is 1. The van der Waals surface area contributed by atoms with Crippen molar-refractivity contribution in [1.29, 1.82) is 0 Å². The van der Waals surface area contributed by atoms with Crippen molar-refractivity contribution in [3.63, 3.8) is 0 Å². The first-order valence-electron chi connectivity index (χ1n) is 10.7. The predicted octanol–water partition coefficient (Wildman–Crippen LogP) is 4.13. The van der Waals surface area contributed by atoms with E-state index in [4.69, 9.17) is 4.42 Å². The number of rotatable bonds is 3. The summed E-state index contributed by atoms with van der Waals surface area (Å²) in [5, 5.41) is 3.65. The molecule has 4 rings (SSSR count). The number of likely N-dealkylation sites (N-methyl/N-ethyl adjacent to an activating group) is 1. The summed E-state index contributed by atoms with van der Waals surface area (Å²) in [7, 11) is 2.08. The molecule has 0 bridgehead atoms. The number of furan rings is 1. The number of carbonyl (C=O) groups excluding carboxylic acids is 2. The van der Waals surface area contributed by atoms with Crippen LogP contribution >= 0.6 is 11.3 Å². The number of fused-ring (bicyclic) bond motifs is 1. The van der Waals surface area contributed by atoms with Crippen LogP contribution in [-0.2, 0) is 12.8 Å². The highest BCUT2D eigenvalue weighted by Crippen LogP contribution is 2.44. The van der Waals surface area contributed by atoms with Crippen LogP contribution in [0.5, 0.6) is 0 Å². The Hall–Kier alpha value is -2.12. The van der Waals surface area contributed by atoms with Crippen LogP contribution in [0.15, 0.2) is 22.8 Å². The molecule has 0 unspecified atom stereocenters. The summed E-state index contributed by atoms with van der Waals surface area (Å²) in [6.45, 7) is 10.0. The molecule has 1 atom stereocenters. The van der Waals surface area contributed by atoms with Gasteiger partial charge in [-0.25, -0.2) is 0 Å². The number of thiophene rings is 1. The fourth-order valence-corrected chi connectivity index (χ4v) is 5.69. The molecule has 1 fully saturated rings. The van der Waals surface area contributed by atoms with Crippen molar-refractivity contribution in [2.45, 2.75) is 40.0 Å². The molecule has 1 N–H and O–H groups in total. The highest BCUT2D eigenvalue weighted by molar-refractivity contribution is 7.17. The first-order chi connectivity index (χ1) is 14.2. The van der Waals surface area contributed by atoms with E-state index in [9.17, 15) is 9.59 Å². The van der Waals surface area contributed by atoms with Crippen molar-refractivity contribution >= 4 is 28.2 Å². The summed E-state index contributed by atoms with van der Waals surface area (Å²) in [5.74, 6) is 0.568. The third-order valence-electron chi connectivity index (χ3n) is 6.47. The minimum atomic E-state index is -0.307. The Balaban J connectivity index is 1.66. The van der Waals surface area contributed by atoms with Crippen LogP contribution in [0.3, 0.4) is 0 Å². The highest BCUT2D eigenvalue weighted by atomic mass is 32.1. The molecule has 7 heteroatoms. The topological polar surface area (TPSA) is 65.8 Å². The predicted molar refractivity (Wildman–Crippen MR) is 119 cm³/mol. The highest BCUT2D eigenvalue weighted by Gasteiger charge is 2.35. The van der Waals surface area contributed by atoms with E-state index < -0.39 is 0 Å². The van der Waals surface area contributed by atoms with Crippen molar-refractivity contribution in [3.05, 3.63) is 40.2 Å². The van der Waals surface area contributed by atoms with Gasteiger partial charge in [0.15, 0.2) is 5.76 Å². The van der Waals surface area contributed by atoms with Gasteiger partial charge in [-0.15, -0.1) is 11.3 Å². The van der Waals surface area contributed by atoms with Gasteiger partial charge in [0, 0.05) is 31.1 Å². The van der Waals surface area contributed by atoms with E-state index in [1.165, 1.54) is 11.1 Å². The standard InChI is InChI=1S/C23H31N3O3S/c1-23(2,3)15-7-8-16-18(14-15)30-21(24-20(27)17-6-5-13-29-17)19(16)22(28)26-11-9-25(4)10-12-26/h5-6,13,15H,7-12,14H2,1-4H3,(H,24,27)/t15-/m0/s1. The van der Waals surface area contributed by atoms with Gasteiger partial charge in [0.05, 0.1) is 11.8 Å². The van der Waals surface area contributed by atoms with Gasteiger partial charge in [-0.2, -0.15) is 0 Å². The molecular formula is C23H31N3O3S. The lowest BCUT2D eigenvalue weighted by Gasteiger charge is -2.35. The molecule has 1 aliphatic carbocycles. The van der Waals surface area contributed by atoms with Crippen molar-refractivity contribution in [3.8, 4) is 0 Å². The van der Waals surface area contributed by atoms with Crippen molar-refractivity contribution < 1.29 is 14.0 Å². The molecule has 2 aromatic heterocycles. The molecular weight excluding hydrogens is 398 g/mol. The largest absolute Gasteiger partial charge is 0.459 e. The van der Waals surface area contributed by atoms with Crippen LogP contribution < -0.4 is 5.32 Å². The third kappa shape index (κ3) is 4.18. The number of amides is 2. The molecule has 1 aliphatic heterocycles. The summed E-state index contributed by atoms with van der Waals surface area (Å²) < 4.78 is 5.25. The molecule has 3 heterocycles. The summed E-state index contributed by atoms with van der Waals surface area (Å²) in [5.41, 5.74) is 2.06. The van der Waals surface area contributed by atoms with Crippen LogP contribution in [0.2, 0.25) is 0 Å². The number of piperazine rings is 1. The lowest BCUT2D eigenvalue weighted by molar-refractivity contribution is 0.0664. The van der Waals surface area contributed by atoms with Crippen LogP contribution in [0.25, 0.3) is 0 Å². The summed E-state index contributed by atoms with van der Waals surface area (Å²) in [4.78, 5) is 31.6. The maximum absolute atomic E-state index is 13.5. The molecule has 30 heavy (non-hydrogen) atoms. The van der Waals surface area contributed by atoms with E-state index in [1.807, 2.05) is 4.90 Å². The lowest BCUT2D eigenvalue weighted by atomic mass is 9.72. The molecule has 1 saturated heterocycles. The maximum Gasteiger partial charge on any atom is 0.291 e. The lowest BCUT2D eigenvalue weighted by Crippen LogP contribution is -2.47. The molecule has 0 aromatic carbocycles. The smallest absolute Gasteiger partial charge is 0.291 e. The fourth-order valence-electron chi connectivity index (χ4n) is 4.38. The van der Waals surface area contributed by atoms with Crippen molar-refractivity contribution in [1.82, 2.24) is 9.80 Å². The van der Waals surface area contributed by atoms with E-state index in [-0.39, 0.29) is 23.0 Å². The Morgan fingerprint density at radius 3 is 2.57 bits per heavy atom. The van der Waals surface area contributed by atoms with Crippen LogP contribution in [-0.4, -0.2) is 54.8 Å². The van der Waals surface area contributed by atoms with E-state index in [0.29, 0.717) is 16.5 Å². The normalized spacial score (nSPS) is 20.1. The number of hydrogen-bond donors (Lipinski definition) is 1. The molecule has 0 spiro atoms. The monoisotopic (exact) mass is 429 g/mol. The average Bonchev–Trinajstić information content (AvgIpc) is 3.34. The Labute approximate surface area is 182 Å². The van der Waals surface area contributed by atoms with E-state index in [0.717, 1.165) is 51.0 Å². The second-order valence-corrected chi connectivity index (χ2v) is 10.6. The Morgan fingerprint density at radius 1 is 1.20 bits per heavy atom. The molecule has 0 radical (unpaired) electrons. The molecule has 6 nitrogen and oxygen atoms in total. The van der Waals surface area contributed by atoms with Gasteiger partial charge in [-0.3, -0.25) is 9.59 Å². The van der Waals surface area contributed by atoms with Gasteiger partial charge in [-0.1, -0.05) is 20.8 Å². The van der Waals surface area contributed by atoms with Crippen molar-refractivity contribution in [2.75, 3.05) is 38.5 Å². The maximum atomic E-state index is 13.5. The minimum Gasteiger partial charge on any atom is -0.459 e. The number of carbonyl (C=O) groups is 2. The molecule has 2 amide bonds. The Kier molecular flexibility index (Phi) is 5.77. The number of anilines is 1. The van der Waals surface area contributed by atoms with Gasteiger partial charge >= 0.3 is 0 Å². The van der Waals surface area contributed by atoms with E-state index in [2.05, 4.69) is 38.0 Å². The van der Waals surface area contributed by atoms with Crippen molar-refractivity contribution in [2.24, 2.45) is 11.3 Å². The molecule has 2 aromatic rings. The van der Waals surface area contributed by atoms with E-state index >= 15 is 0 Å². The van der Waals surface area contributed by atoms with E-state index in [1.54, 1.807) is 23.5 Å². The zero-order valence-corrected chi connectivity index (χ0v) is 19.1. The van der Waals surface area contributed by atoms with Crippen LogP contribution in [0.4, 0.5) is 5.00 Å². The van der Waals surface area contributed by atoms with Gasteiger partial charge in [-0.05, 0) is 55.3 Å². The Bertz CT molecular complexity index is 918. The summed E-state index contributed by atoms with van der Waals surface area (Å²) in [6, 6.07) is 3.33. The van der Waals surface area contributed by atoms with Crippen LogP contribution in [0, 0.1) is 11.3 Å². The second-order valence-electron chi connectivity index (χ2n) is 9.54. The zero-order valence-electron chi connectivity index (χ0n) is 18.3. The Morgan fingerprint density at radius 2 is 1.93 bits per heavy atom. The third-order valence-corrected chi connectivity index (χ3v) is 7.64. The first-order valence-corrected chi connectivity index (χ1v) is 11.5. The minimum absolute atomic E-state index is 0.0459. The first kappa shape index (κ1) is 21.1. The molecule has 0 saturated carbocycles. The average molecular weight is 430 g/mol. The summed E-state index contributed by atoms with van der Waals surface area (Å²) >= 11 is 1.57. The summed E-state index contributed by atoms with van der Waals surface area (Å²) in [6.07, 6.45) is 4.41. The van der Waals surface area contributed by atoms with Gasteiger partial charge < -0.3 is 19.5 Å². The van der Waals surface area contributed by atoms with Crippen LogP contribution in [0.1, 0.15) is 58.5 Å². The zero-order chi connectivity index (χ0) is 21.5. The molecule has 2 aliphatic rings.